The van der Waals surface area contributed by atoms with Gasteiger partial charge in [-0.1, -0.05) is 44.7 Å². The number of nitrogens with one attached hydrogen (secondary N) is 3. The quantitative estimate of drug-likeness (QED) is 0.348. The van der Waals surface area contributed by atoms with Gasteiger partial charge in [0.05, 0.1) is 6.42 Å². The minimum absolute atomic E-state index is 0.0801. The number of unbranched alkanes of at least 4 members (excludes halogenated alkanes) is 4. The molecule has 30 heavy (non-hydrogen) atoms. The molecule has 0 radical (unpaired) electrons. The Hall–Kier alpha value is -2.57. The maximum Gasteiger partial charge on any atom is 0.243 e. The van der Waals surface area contributed by atoms with E-state index in [0.717, 1.165) is 37.7 Å². The number of hydrogen-bond acceptors (Lipinski definition) is 4. The molecule has 3 amide bonds. The lowest BCUT2D eigenvalue weighted by atomic mass is 10.1. The second kappa shape index (κ2) is 14.4. The average Bonchev–Trinajstić information content (AvgIpc) is 2.68. The Bertz CT molecular complexity index is 659. The van der Waals surface area contributed by atoms with E-state index in [1.54, 1.807) is 24.3 Å². The molecule has 0 heterocycles. The lowest BCUT2D eigenvalue weighted by molar-refractivity contribution is -0.132. The van der Waals surface area contributed by atoms with E-state index in [4.69, 9.17) is 0 Å². The van der Waals surface area contributed by atoms with Crippen molar-refractivity contribution in [2.24, 2.45) is 0 Å². The molecule has 1 atom stereocenters. The first-order chi connectivity index (χ1) is 14.3. The predicted molar refractivity (Wildman–Crippen MR) is 118 cm³/mol. The molecule has 0 aliphatic carbocycles. The summed E-state index contributed by atoms with van der Waals surface area (Å²) in [7, 11) is 0. The lowest BCUT2D eigenvalue weighted by Gasteiger charge is -2.20. The van der Waals surface area contributed by atoms with Crippen LogP contribution in [-0.4, -0.2) is 41.5 Å². The van der Waals surface area contributed by atoms with Crippen molar-refractivity contribution in [3.63, 3.8) is 0 Å². The van der Waals surface area contributed by atoms with Crippen molar-refractivity contribution < 1.29 is 19.5 Å². The van der Waals surface area contributed by atoms with Crippen molar-refractivity contribution >= 4 is 17.7 Å². The molecule has 1 rings (SSSR count). The molecule has 168 valence electrons. The van der Waals surface area contributed by atoms with Crippen LogP contribution in [0.3, 0.4) is 0 Å². The minimum atomic E-state index is -0.885. The van der Waals surface area contributed by atoms with Gasteiger partial charge in [-0.15, -0.1) is 0 Å². The molecule has 0 saturated carbocycles. The number of aromatic hydroxyl groups is 1. The van der Waals surface area contributed by atoms with Gasteiger partial charge >= 0.3 is 0 Å². The van der Waals surface area contributed by atoms with Crippen molar-refractivity contribution in [1.82, 2.24) is 16.0 Å². The normalized spacial score (nSPS) is 11.7. The number of carbonyl (C=O) groups is 3. The van der Waals surface area contributed by atoms with Gasteiger partial charge in [0.15, 0.2) is 0 Å². The highest BCUT2D eigenvalue weighted by molar-refractivity contribution is 5.92. The van der Waals surface area contributed by atoms with Crippen molar-refractivity contribution in [3.8, 4) is 5.75 Å². The zero-order chi connectivity index (χ0) is 22.4. The smallest absolute Gasteiger partial charge is 0.243 e. The van der Waals surface area contributed by atoms with Crippen molar-refractivity contribution in [2.75, 3.05) is 6.54 Å². The van der Waals surface area contributed by atoms with Crippen LogP contribution in [0.1, 0.15) is 71.3 Å². The molecule has 1 unspecified atom stereocenters. The standard InChI is InChI=1S/C23H37N3O4/c1-4-5-6-7-8-9-21(28)26-20(23(30)25-17(2)3)16-22(29)24-15-14-18-10-12-19(27)13-11-18/h10-13,17,20,27H,4-9,14-16H2,1-3H3,(H,24,29)(H,25,30)(H,26,28). The Morgan fingerprint density at radius 3 is 2.23 bits per heavy atom. The zero-order valence-corrected chi connectivity index (χ0v) is 18.5. The van der Waals surface area contributed by atoms with Crippen LogP contribution in [0.5, 0.6) is 5.75 Å². The molecule has 0 saturated heterocycles. The largest absolute Gasteiger partial charge is 0.508 e. The Morgan fingerprint density at radius 1 is 0.933 bits per heavy atom. The van der Waals surface area contributed by atoms with Crippen LogP contribution < -0.4 is 16.0 Å². The van der Waals surface area contributed by atoms with E-state index in [1.165, 1.54) is 0 Å². The van der Waals surface area contributed by atoms with Gasteiger partial charge < -0.3 is 21.1 Å². The Kier molecular flexibility index (Phi) is 12.2. The van der Waals surface area contributed by atoms with Crippen LogP contribution in [-0.2, 0) is 20.8 Å². The van der Waals surface area contributed by atoms with Gasteiger partial charge in [-0.3, -0.25) is 14.4 Å². The van der Waals surface area contributed by atoms with E-state index in [0.29, 0.717) is 19.4 Å². The molecule has 0 spiro atoms. The SMILES string of the molecule is CCCCCCCC(=O)NC(CC(=O)NCCc1ccc(O)cc1)C(=O)NC(C)C. The Balaban J connectivity index is 2.49. The Labute approximate surface area is 180 Å². The van der Waals surface area contributed by atoms with Gasteiger partial charge in [-0.05, 0) is 44.4 Å². The monoisotopic (exact) mass is 419 g/mol. The first-order valence-corrected chi connectivity index (χ1v) is 11.0. The molecule has 0 aliphatic rings. The molecule has 1 aromatic rings. The van der Waals surface area contributed by atoms with Gasteiger partial charge in [0, 0.05) is 19.0 Å². The number of phenols is 1. The van der Waals surface area contributed by atoms with E-state index >= 15 is 0 Å². The van der Waals surface area contributed by atoms with Crippen LogP contribution in [0.4, 0.5) is 0 Å². The summed E-state index contributed by atoms with van der Waals surface area (Å²) in [5.74, 6) is -0.644. The van der Waals surface area contributed by atoms with Crippen molar-refractivity contribution in [2.45, 2.75) is 84.2 Å². The van der Waals surface area contributed by atoms with Crippen LogP contribution in [0.25, 0.3) is 0 Å². The van der Waals surface area contributed by atoms with Crippen molar-refractivity contribution in [3.05, 3.63) is 29.8 Å². The minimum Gasteiger partial charge on any atom is -0.508 e. The summed E-state index contributed by atoms with van der Waals surface area (Å²) in [6, 6.07) is 5.82. The second-order valence-corrected chi connectivity index (χ2v) is 7.92. The highest BCUT2D eigenvalue weighted by Gasteiger charge is 2.24. The fourth-order valence-corrected chi connectivity index (χ4v) is 3.02. The maximum atomic E-state index is 12.4. The summed E-state index contributed by atoms with van der Waals surface area (Å²) >= 11 is 0. The second-order valence-electron chi connectivity index (χ2n) is 7.92. The topological polar surface area (TPSA) is 108 Å². The molecule has 7 heteroatoms. The van der Waals surface area contributed by atoms with Gasteiger partial charge in [0.2, 0.25) is 17.7 Å². The third-order valence-corrected chi connectivity index (χ3v) is 4.65. The molecule has 0 bridgehead atoms. The van der Waals surface area contributed by atoms with Crippen molar-refractivity contribution in [1.29, 1.82) is 0 Å². The molecule has 4 N–H and O–H groups in total. The van der Waals surface area contributed by atoms with E-state index in [-0.39, 0.29) is 35.9 Å². The number of phenolic OH excluding ortho intramolecular Hbond substituents is 1. The van der Waals surface area contributed by atoms with Gasteiger partial charge in [-0.25, -0.2) is 0 Å². The summed E-state index contributed by atoms with van der Waals surface area (Å²) in [6.07, 6.45) is 6.04. The third-order valence-electron chi connectivity index (χ3n) is 4.65. The fourth-order valence-electron chi connectivity index (χ4n) is 3.02. The first kappa shape index (κ1) is 25.5. The number of benzene rings is 1. The molecule has 0 aromatic heterocycles. The van der Waals surface area contributed by atoms with E-state index in [1.807, 2.05) is 13.8 Å². The van der Waals surface area contributed by atoms with E-state index < -0.39 is 6.04 Å². The zero-order valence-electron chi connectivity index (χ0n) is 18.5. The number of carbonyl (C=O) groups excluding carboxylic acids is 3. The average molecular weight is 420 g/mol. The fraction of sp³-hybridized carbons (Fsp3) is 0.609. The third kappa shape index (κ3) is 11.4. The molecule has 7 nitrogen and oxygen atoms in total. The molecular weight excluding hydrogens is 382 g/mol. The summed E-state index contributed by atoms with van der Waals surface area (Å²) in [4.78, 5) is 37.0. The summed E-state index contributed by atoms with van der Waals surface area (Å²) < 4.78 is 0. The first-order valence-electron chi connectivity index (χ1n) is 11.0. The lowest BCUT2D eigenvalue weighted by Crippen LogP contribution is -2.50. The maximum absolute atomic E-state index is 12.4. The number of amides is 3. The van der Waals surface area contributed by atoms with Crippen LogP contribution in [0.2, 0.25) is 0 Å². The molecular formula is C23H37N3O4. The molecule has 0 fully saturated rings. The number of hydrogen-bond donors (Lipinski definition) is 4. The highest BCUT2D eigenvalue weighted by atomic mass is 16.3. The molecule has 1 aromatic carbocycles. The van der Waals surface area contributed by atoms with Gasteiger partial charge in [0.25, 0.3) is 0 Å². The predicted octanol–water partition coefficient (Wildman–Crippen LogP) is 2.81. The van der Waals surface area contributed by atoms with Gasteiger partial charge in [0.1, 0.15) is 11.8 Å². The van der Waals surface area contributed by atoms with Gasteiger partial charge in [-0.2, -0.15) is 0 Å². The Morgan fingerprint density at radius 2 is 1.60 bits per heavy atom. The summed E-state index contributed by atoms with van der Waals surface area (Å²) in [6.45, 7) is 6.22. The van der Waals surface area contributed by atoms with Crippen LogP contribution >= 0.6 is 0 Å². The highest BCUT2D eigenvalue weighted by Crippen LogP contribution is 2.09. The van der Waals surface area contributed by atoms with E-state index in [9.17, 15) is 19.5 Å². The van der Waals surface area contributed by atoms with E-state index in [2.05, 4.69) is 22.9 Å². The molecule has 0 aliphatic heterocycles. The summed E-state index contributed by atoms with van der Waals surface area (Å²) in [5, 5.41) is 17.6. The van der Waals surface area contributed by atoms with Crippen LogP contribution in [0, 0.1) is 0 Å². The van der Waals surface area contributed by atoms with Crippen LogP contribution in [0.15, 0.2) is 24.3 Å². The summed E-state index contributed by atoms with van der Waals surface area (Å²) in [5.41, 5.74) is 0.985. The number of rotatable bonds is 14.